The van der Waals surface area contributed by atoms with Crippen LogP contribution in [0.3, 0.4) is 0 Å². The van der Waals surface area contributed by atoms with Crippen LogP contribution in [0.25, 0.3) is 44.9 Å². The number of aromatic nitrogens is 1. The maximum atomic E-state index is 7.92. The number of fused-ring (bicyclic) bond motifs is 4. The minimum Gasteiger partial charge on any atom is -0.309 e. The molecule has 1 unspecified atom stereocenters. The minimum absolute atomic E-state index is 0.380. The van der Waals surface area contributed by atoms with Crippen LogP contribution in [-0.4, -0.2) is 16.5 Å². The number of benzene rings is 4. The van der Waals surface area contributed by atoms with E-state index in [-0.39, 0.29) is 0 Å². The summed E-state index contributed by atoms with van der Waals surface area (Å²) in [6.45, 7) is 12.9. The first-order chi connectivity index (χ1) is 23.5. The SMILES string of the molecule is C#C.C/C=C(\C=N)c1ccc2c(c1)CC(C)c1c(CC)c(/C=C(\C)c3ccc(C4=NC=C4)c4ccccc34)n(-c3ccccc3)c1-2.CC. The van der Waals surface area contributed by atoms with Crippen molar-refractivity contribution in [1.82, 2.24) is 4.57 Å². The van der Waals surface area contributed by atoms with Gasteiger partial charge in [-0.05, 0) is 107 Å². The molecular formula is C45H45N3. The highest BCUT2D eigenvalue weighted by Crippen LogP contribution is 2.47. The first-order valence-electron chi connectivity index (χ1n) is 17.0. The van der Waals surface area contributed by atoms with Crippen LogP contribution in [0.2, 0.25) is 0 Å². The fourth-order valence-electron chi connectivity index (χ4n) is 7.22. The van der Waals surface area contributed by atoms with Crippen molar-refractivity contribution in [3.05, 3.63) is 142 Å². The molecular weight excluding hydrogens is 583 g/mol. The molecule has 2 heterocycles. The van der Waals surface area contributed by atoms with E-state index in [1.807, 2.05) is 33.0 Å². The monoisotopic (exact) mass is 627 g/mol. The zero-order chi connectivity index (χ0) is 34.4. The number of allylic oxidation sites excluding steroid dienone is 4. The summed E-state index contributed by atoms with van der Waals surface area (Å²) in [5.74, 6) is 0.380. The Bertz CT molecular complexity index is 2110. The first kappa shape index (κ1) is 33.9. The number of para-hydroxylation sites is 1. The van der Waals surface area contributed by atoms with Crippen LogP contribution in [-0.2, 0) is 12.8 Å². The summed E-state index contributed by atoms with van der Waals surface area (Å²) in [6, 6.07) is 30.8. The number of rotatable bonds is 7. The normalized spacial score (nSPS) is 14.8. The average Bonchev–Trinajstić information content (AvgIpc) is 3.44. The van der Waals surface area contributed by atoms with E-state index in [4.69, 9.17) is 5.41 Å². The molecule has 0 saturated carbocycles. The van der Waals surface area contributed by atoms with E-state index in [0.29, 0.717) is 5.92 Å². The lowest BCUT2D eigenvalue weighted by atomic mass is 9.80. The molecule has 240 valence electrons. The molecule has 7 rings (SSSR count). The highest BCUT2D eigenvalue weighted by atomic mass is 15.0. The Labute approximate surface area is 286 Å². The van der Waals surface area contributed by atoms with Gasteiger partial charge in [-0.3, -0.25) is 4.99 Å². The fraction of sp³-hybridized carbons (Fsp3) is 0.200. The summed E-state index contributed by atoms with van der Waals surface area (Å²) in [5.41, 5.74) is 16.1. The summed E-state index contributed by atoms with van der Waals surface area (Å²) < 4.78 is 2.50. The second-order valence-corrected chi connectivity index (χ2v) is 11.9. The second kappa shape index (κ2) is 15.0. The predicted molar refractivity (Wildman–Crippen MR) is 210 cm³/mol. The molecule has 1 aromatic heterocycles. The van der Waals surface area contributed by atoms with Crippen LogP contribution < -0.4 is 0 Å². The summed E-state index contributed by atoms with van der Waals surface area (Å²) in [7, 11) is 0. The van der Waals surface area contributed by atoms with Gasteiger partial charge in [0.05, 0.1) is 11.4 Å². The van der Waals surface area contributed by atoms with Crippen LogP contribution in [0.5, 0.6) is 0 Å². The molecule has 1 aliphatic heterocycles. The van der Waals surface area contributed by atoms with Gasteiger partial charge in [0, 0.05) is 34.9 Å². The Kier molecular flexibility index (Phi) is 10.6. The van der Waals surface area contributed by atoms with Gasteiger partial charge in [0.1, 0.15) is 0 Å². The maximum absolute atomic E-state index is 7.92. The van der Waals surface area contributed by atoms with Crippen molar-refractivity contribution in [2.75, 3.05) is 0 Å². The molecule has 0 saturated heterocycles. The van der Waals surface area contributed by atoms with E-state index in [2.05, 4.69) is 140 Å². The molecule has 0 spiro atoms. The van der Waals surface area contributed by atoms with Gasteiger partial charge >= 0.3 is 0 Å². The third-order valence-corrected chi connectivity index (χ3v) is 9.33. The van der Waals surface area contributed by atoms with E-state index in [1.54, 1.807) is 0 Å². The molecule has 1 aliphatic carbocycles. The second-order valence-electron chi connectivity index (χ2n) is 11.9. The maximum Gasteiger partial charge on any atom is 0.0723 e. The standard InChI is InChI=1S/C41H37N3.C2H6.C2H2/c1-5-28(25-42)29-16-17-34-30(24-29)22-27(4)40-32(6-2)39(44(41(34)40)31-12-8-7-9-13-31)23-26(3)33-18-19-37(38-20-21-43-38)36-15-11-10-14-35(33)36;2*1-2/h5,7-21,23-25,27,42H,6,22H2,1-4H3;1-2H3;1-2H/b26-23+,28-5+,42-25?;;. The lowest BCUT2D eigenvalue weighted by Crippen LogP contribution is -2.11. The predicted octanol–water partition coefficient (Wildman–Crippen LogP) is 11.7. The van der Waals surface area contributed by atoms with Crippen LogP contribution in [0, 0.1) is 18.3 Å². The zero-order valence-corrected chi connectivity index (χ0v) is 29.0. The fourth-order valence-corrected chi connectivity index (χ4v) is 7.22. The van der Waals surface area contributed by atoms with E-state index >= 15 is 0 Å². The lowest BCUT2D eigenvalue weighted by Gasteiger charge is -2.26. The average molecular weight is 628 g/mol. The van der Waals surface area contributed by atoms with E-state index in [9.17, 15) is 0 Å². The number of hydrogen-bond donors (Lipinski definition) is 1. The van der Waals surface area contributed by atoms with Crippen molar-refractivity contribution in [1.29, 1.82) is 5.41 Å². The van der Waals surface area contributed by atoms with Gasteiger partial charge in [0.2, 0.25) is 0 Å². The van der Waals surface area contributed by atoms with Crippen LogP contribution >= 0.6 is 0 Å². The Morgan fingerprint density at radius 3 is 2.23 bits per heavy atom. The molecule has 48 heavy (non-hydrogen) atoms. The molecule has 0 amide bonds. The van der Waals surface area contributed by atoms with E-state index < -0.39 is 0 Å². The van der Waals surface area contributed by atoms with Gasteiger partial charge in [0.25, 0.3) is 0 Å². The van der Waals surface area contributed by atoms with Crippen molar-refractivity contribution in [3.8, 4) is 29.8 Å². The third kappa shape index (κ3) is 5.91. The van der Waals surface area contributed by atoms with E-state index in [0.717, 1.165) is 29.7 Å². The largest absolute Gasteiger partial charge is 0.309 e. The van der Waals surface area contributed by atoms with Crippen LogP contribution in [0.15, 0.2) is 108 Å². The van der Waals surface area contributed by atoms with Crippen molar-refractivity contribution >= 4 is 39.9 Å². The summed E-state index contributed by atoms with van der Waals surface area (Å²) in [4.78, 5) is 4.49. The molecule has 3 nitrogen and oxygen atoms in total. The highest BCUT2D eigenvalue weighted by molar-refractivity contribution is 6.20. The third-order valence-electron chi connectivity index (χ3n) is 9.33. The van der Waals surface area contributed by atoms with Gasteiger partial charge in [-0.15, -0.1) is 12.8 Å². The minimum atomic E-state index is 0.380. The molecule has 0 radical (unpaired) electrons. The first-order valence-corrected chi connectivity index (χ1v) is 17.0. The van der Waals surface area contributed by atoms with Crippen molar-refractivity contribution in [3.63, 3.8) is 0 Å². The molecule has 1 N–H and O–H groups in total. The van der Waals surface area contributed by atoms with Gasteiger partial charge in [-0.2, -0.15) is 0 Å². The molecule has 3 heteroatoms. The number of nitrogens with one attached hydrogen (secondary N) is 1. The smallest absolute Gasteiger partial charge is 0.0723 e. The van der Waals surface area contributed by atoms with Crippen molar-refractivity contribution < 1.29 is 0 Å². The van der Waals surface area contributed by atoms with Gasteiger partial charge in [0.15, 0.2) is 0 Å². The Morgan fingerprint density at radius 2 is 1.60 bits per heavy atom. The van der Waals surface area contributed by atoms with Gasteiger partial charge < -0.3 is 9.98 Å². The Morgan fingerprint density at radius 1 is 0.938 bits per heavy atom. The molecule has 0 fully saturated rings. The zero-order valence-electron chi connectivity index (χ0n) is 29.0. The van der Waals surface area contributed by atoms with Gasteiger partial charge in [-0.1, -0.05) is 107 Å². The molecule has 4 aromatic carbocycles. The van der Waals surface area contributed by atoms with E-state index in [1.165, 1.54) is 73.0 Å². The van der Waals surface area contributed by atoms with Crippen LogP contribution in [0.1, 0.15) is 86.5 Å². The topological polar surface area (TPSA) is 41.1 Å². The molecule has 2 aliphatic rings. The number of terminal acetylenes is 1. The van der Waals surface area contributed by atoms with Crippen molar-refractivity contribution in [2.45, 2.75) is 60.3 Å². The quantitative estimate of drug-likeness (QED) is 0.138. The Balaban J connectivity index is 0.00000109. The molecule has 1 atom stereocenters. The number of aliphatic imine (C=N–C) groups is 1. The summed E-state index contributed by atoms with van der Waals surface area (Å²) in [6.07, 6.45) is 19.8. The Hall–Kier alpha value is -5.46. The lowest BCUT2D eigenvalue weighted by molar-refractivity contribution is 0.738. The summed E-state index contributed by atoms with van der Waals surface area (Å²) >= 11 is 0. The number of hydrogen-bond acceptors (Lipinski definition) is 2. The number of nitrogens with zero attached hydrogens (tertiary/aromatic N) is 2. The van der Waals surface area contributed by atoms with Crippen molar-refractivity contribution in [2.24, 2.45) is 4.99 Å². The highest BCUT2D eigenvalue weighted by Gasteiger charge is 2.31. The summed E-state index contributed by atoms with van der Waals surface area (Å²) in [5, 5.41) is 10.4. The van der Waals surface area contributed by atoms with Gasteiger partial charge in [-0.25, -0.2) is 0 Å². The van der Waals surface area contributed by atoms with Crippen LogP contribution in [0.4, 0.5) is 0 Å². The molecule has 5 aromatic rings. The molecule has 0 bridgehead atoms.